The Morgan fingerprint density at radius 1 is 1.13 bits per heavy atom. The number of nitrogens with zero attached hydrogens (tertiary/aromatic N) is 2. The van der Waals surface area contributed by atoms with Gasteiger partial charge in [-0.25, -0.2) is 4.98 Å². The van der Waals surface area contributed by atoms with E-state index in [2.05, 4.69) is 20.5 Å². The minimum absolute atomic E-state index is 0.00683. The van der Waals surface area contributed by atoms with Crippen molar-refractivity contribution in [3.05, 3.63) is 46.6 Å². The second-order valence-electron chi connectivity index (χ2n) is 8.14. The molecule has 0 saturated carbocycles. The number of anilines is 2. The highest BCUT2D eigenvalue weighted by molar-refractivity contribution is 6.31. The van der Waals surface area contributed by atoms with E-state index in [0.29, 0.717) is 30.3 Å². The first kappa shape index (κ1) is 19.3. The molecule has 0 aliphatic carbocycles. The quantitative estimate of drug-likeness (QED) is 0.785. The molecule has 1 fully saturated rings. The van der Waals surface area contributed by atoms with E-state index >= 15 is 0 Å². The summed E-state index contributed by atoms with van der Waals surface area (Å²) in [6.45, 7) is 3.00. The zero-order chi connectivity index (χ0) is 20.7. The first-order chi connectivity index (χ1) is 14.5. The number of hydrogen-bond donors (Lipinski definition) is 2. The monoisotopic (exact) mass is 426 g/mol. The number of benzene rings is 1. The third kappa shape index (κ3) is 3.42. The van der Waals surface area contributed by atoms with Crippen LogP contribution in [0, 0.1) is 0 Å². The summed E-state index contributed by atoms with van der Waals surface area (Å²) in [7, 11) is 0. The molecular formula is C22H23ClN4O3. The van der Waals surface area contributed by atoms with Crippen LogP contribution in [0.3, 0.4) is 0 Å². The van der Waals surface area contributed by atoms with Crippen molar-refractivity contribution in [1.82, 2.24) is 9.88 Å². The zero-order valence-electron chi connectivity index (χ0n) is 16.5. The molecule has 3 aliphatic rings. The Balaban J connectivity index is 1.17. The number of hydrogen-bond acceptors (Lipinski definition) is 5. The molecule has 2 amide bonds. The Morgan fingerprint density at radius 3 is 2.80 bits per heavy atom. The van der Waals surface area contributed by atoms with Gasteiger partial charge in [0.2, 0.25) is 11.8 Å². The number of rotatable bonds is 4. The number of likely N-dealkylation sites (tertiary alicyclic amines) is 1. The number of fused-ring (bicyclic) bond motifs is 3. The number of pyridine rings is 1. The molecule has 0 atom stereocenters. The number of nitrogens with one attached hydrogen (secondary N) is 2. The van der Waals surface area contributed by atoms with E-state index in [4.69, 9.17) is 16.3 Å². The number of ether oxygens (including phenoxy) is 1. The molecule has 3 aliphatic heterocycles. The van der Waals surface area contributed by atoms with Crippen molar-refractivity contribution in [2.24, 2.45) is 0 Å². The Kier molecular flexibility index (Phi) is 4.87. The summed E-state index contributed by atoms with van der Waals surface area (Å²) in [5.74, 6) is 1.45. The normalized spacial score (nSPS) is 19.8. The van der Waals surface area contributed by atoms with E-state index in [1.807, 2.05) is 24.3 Å². The molecule has 0 radical (unpaired) electrons. The van der Waals surface area contributed by atoms with E-state index in [9.17, 15) is 9.59 Å². The summed E-state index contributed by atoms with van der Waals surface area (Å²) in [6.07, 6.45) is 4.36. The van der Waals surface area contributed by atoms with Gasteiger partial charge in [-0.05, 0) is 67.7 Å². The summed E-state index contributed by atoms with van der Waals surface area (Å²) in [6, 6.07) is 7.59. The van der Waals surface area contributed by atoms with Crippen LogP contribution in [-0.2, 0) is 21.4 Å². The fraction of sp³-hybridized carbons (Fsp3) is 0.409. The lowest BCUT2D eigenvalue weighted by molar-refractivity contribution is -0.122. The summed E-state index contributed by atoms with van der Waals surface area (Å²) in [5, 5.41) is 6.46. The van der Waals surface area contributed by atoms with E-state index in [1.54, 1.807) is 6.20 Å². The highest BCUT2D eigenvalue weighted by Gasteiger charge is 2.48. The van der Waals surface area contributed by atoms with Gasteiger partial charge in [0.05, 0.1) is 11.6 Å². The second kappa shape index (κ2) is 7.56. The largest absolute Gasteiger partial charge is 0.491 e. The SMILES string of the molecule is O=C1CCc2cc(OCCN3CCC4(CC3)C(=O)Nc3ccc(Cl)cc34)cnc2N1. The van der Waals surface area contributed by atoms with E-state index < -0.39 is 5.41 Å². The number of amides is 2. The molecule has 5 rings (SSSR count). The van der Waals surface area contributed by atoms with Crippen LogP contribution in [0.5, 0.6) is 5.75 Å². The van der Waals surface area contributed by atoms with Crippen LogP contribution in [0.15, 0.2) is 30.5 Å². The molecule has 2 aromatic rings. The van der Waals surface area contributed by atoms with Crippen molar-refractivity contribution in [2.45, 2.75) is 31.1 Å². The molecule has 1 saturated heterocycles. The first-order valence-corrected chi connectivity index (χ1v) is 10.7. The predicted octanol–water partition coefficient (Wildman–Crippen LogP) is 2.98. The average molecular weight is 427 g/mol. The van der Waals surface area contributed by atoms with Crippen molar-refractivity contribution in [3.63, 3.8) is 0 Å². The highest BCUT2D eigenvalue weighted by Crippen LogP contribution is 2.45. The molecule has 8 heteroatoms. The van der Waals surface area contributed by atoms with Crippen LogP contribution in [-0.4, -0.2) is 47.9 Å². The van der Waals surface area contributed by atoms with Crippen LogP contribution in [0.2, 0.25) is 5.02 Å². The van der Waals surface area contributed by atoms with Gasteiger partial charge in [0.1, 0.15) is 18.2 Å². The van der Waals surface area contributed by atoms with E-state index in [0.717, 1.165) is 55.0 Å². The second-order valence-corrected chi connectivity index (χ2v) is 8.58. The van der Waals surface area contributed by atoms with Gasteiger partial charge in [-0.15, -0.1) is 0 Å². The molecule has 7 nitrogen and oxygen atoms in total. The van der Waals surface area contributed by atoms with Gasteiger partial charge in [-0.1, -0.05) is 11.6 Å². The molecule has 1 aromatic heterocycles. The maximum Gasteiger partial charge on any atom is 0.235 e. The molecule has 0 bridgehead atoms. The van der Waals surface area contributed by atoms with Crippen molar-refractivity contribution in [3.8, 4) is 5.75 Å². The van der Waals surface area contributed by atoms with Gasteiger partial charge in [-0.2, -0.15) is 0 Å². The van der Waals surface area contributed by atoms with Crippen molar-refractivity contribution < 1.29 is 14.3 Å². The maximum atomic E-state index is 12.7. The molecule has 0 unspecified atom stereocenters. The van der Waals surface area contributed by atoms with Crippen LogP contribution < -0.4 is 15.4 Å². The smallest absolute Gasteiger partial charge is 0.235 e. The maximum absolute atomic E-state index is 12.7. The van der Waals surface area contributed by atoms with Gasteiger partial charge in [-0.3, -0.25) is 14.5 Å². The lowest BCUT2D eigenvalue weighted by Gasteiger charge is -2.38. The van der Waals surface area contributed by atoms with Crippen LogP contribution >= 0.6 is 11.6 Å². The van der Waals surface area contributed by atoms with Crippen molar-refractivity contribution >= 4 is 34.9 Å². The standard InChI is InChI=1S/C22H23ClN4O3/c23-15-2-3-18-17(12-15)22(21(29)25-18)5-7-27(8-6-22)9-10-30-16-11-14-1-4-19(28)26-20(14)24-13-16/h2-3,11-13H,1,4-10H2,(H,25,29)(H,24,26,28). The molecule has 2 N–H and O–H groups in total. The zero-order valence-corrected chi connectivity index (χ0v) is 17.3. The number of carbonyl (C=O) groups excluding carboxylic acids is 2. The van der Waals surface area contributed by atoms with E-state index in [-0.39, 0.29) is 11.8 Å². The molecular weight excluding hydrogens is 404 g/mol. The Morgan fingerprint density at radius 2 is 1.97 bits per heavy atom. The summed E-state index contributed by atoms with van der Waals surface area (Å²) < 4.78 is 5.90. The summed E-state index contributed by atoms with van der Waals surface area (Å²) in [4.78, 5) is 30.8. The highest BCUT2D eigenvalue weighted by atomic mass is 35.5. The Bertz CT molecular complexity index is 1020. The lowest BCUT2D eigenvalue weighted by atomic mass is 9.73. The number of aryl methyl sites for hydroxylation is 1. The van der Waals surface area contributed by atoms with Crippen LogP contribution in [0.25, 0.3) is 0 Å². The predicted molar refractivity (Wildman–Crippen MR) is 114 cm³/mol. The third-order valence-corrected chi connectivity index (χ3v) is 6.62. The van der Waals surface area contributed by atoms with Crippen LogP contribution in [0.1, 0.15) is 30.4 Å². The topological polar surface area (TPSA) is 83.6 Å². The molecule has 1 spiro atoms. The minimum Gasteiger partial charge on any atom is -0.491 e. The summed E-state index contributed by atoms with van der Waals surface area (Å²) in [5.41, 5.74) is 2.46. The number of halogens is 1. The molecule has 30 heavy (non-hydrogen) atoms. The Labute approximate surface area is 179 Å². The third-order valence-electron chi connectivity index (χ3n) is 6.39. The fourth-order valence-corrected chi connectivity index (χ4v) is 4.82. The van der Waals surface area contributed by atoms with Crippen molar-refractivity contribution in [2.75, 3.05) is 36.9 Å². The summed E-state index contributed by atoms with van der Waals surface area (Å²) >= 11 is 6.19. The van der Waals surface area contributed by atoms with Gasteiger partial charge < -0.3 is 15.4 Å². The van der Waals surface area contributed by atoms with Gasteiger partial charge in [0.25, 0.3) is 0 Å². The minimum atomic E-state index is -0.468. The fourth-order valence-electron chi connectivity index (χ4n) is 4.65. The average Bonchev–Trinajstić information content (AvgIpc) is 3.00. The molecule has 4 heterocycles. The first-order valence-electron chi connectivity index (χ1n) is 10.3. The lowest BCUT2D eigenvalue weighted by Crippen LogP contribution is -2.47. The van der Waals surface area contributed by atoms with Gasteiger partial charge >= 0.3 is 0 Å². The van der Waals surface area contributed by atoms with E-state index in [1.165, 1.54) is 0 Å². The van der Waals surface area contributed by atoms with Gasteiger partial charge in [0.15, 0.2) is 0 Å². The number of aromatic nitrogens is 1. The number of piperidine rings is 1. The Hall–Kier alpha value is -2.64. The number of carbonyl (C=O) groups is 2. The van der Waals surface area contributed by atoms with Crippen LogP contribution in [0.4, 0.5) is 11.5 Å². The van der Waals surface area contributed by atoms with Crippen molar-refractivity contribution in [1.29, 1.82) is 0 Å². The van der Waals surface area contributed by atoms with Gasteiger partial charge in [0, 0.05) is 23.7 Å². The molecule has 156 valence electrons. The molecule has 1 aromatic carbocycles.